The Labute approximate surface area is 230 Å². The molecule has 39 heavy (non-hydrogen) atoms. The van der Waals surface area contributed by atoms with Gasteiger partial charge in [0.25, 0.3) is 0 Å². The van der Waals surface area contributed by atoms with Crippen LogP contribution in [0.4, 0.5) is 5.69 Å². The van der Waals surface area contributed by atoms with Gasteiger partial charge in [-0.2, -0.15) is 0 Å². The van der Waals surface area contributed by atoms with Crippen molar-refractivity contribution in [1.82, 2.24) is 9.55 Å². The Morgan fingerprint density at radius 2 is 1.82 bits per heavy atom. The Balaban J connectivity index is 1.77. The molecule has 7 nitrogen and oxygen atoms in total. The third-order valence-electron chi connectivity index (χ3n) is 8.08. The van der Waals surface area contributed by atoms with Crippen molar-refractivity contribution in [3.05, 3.63) is 88.9 Å². The van der Waals surface area contributed by atoms with Crippen LogP contribution in [0, 0.1) is 6.92 Å². The topological polar surface area (TPSA) is 74.6 Å². The van der Waals surface area contributed by atoms with Gasteiger partial charge in [0.15, 0.2) is 0 Å². The number of ether oxygens (including phenoxy) is 2. The van der Waals surface area contributed by atoms with Crippen LogP contribution in [0.25, 0.3) is 10.9 Å². The van der Waals surface area contributed by atoms with E-state index < -0.39 is 11.6 Å². The molecule has 1 unspecified atom stereocenters. The van der Waals surface area contributed by atoms with Crippen LogP contribution >= 0.6 is 0 Å². The van der Waals surface area contributed by atoms with Crippen molar-refractivity contribution in [3.8, 4) is 5.75 Å². The monoisotopic (exact) mass is 527 g/mol. The molecular weight excluding hydrogens is 490 g/mol. The van der Waals surface area contributed by atoms with Crippen molar-refractivity contribution in [1.29, 1.82) is 0 Å². The van der Waals surface area contributed by atoms with Crippen LogP contribution in [0.1, 0.15) is 80.3 Å². The minimum atomic E-state index is -1.29. The lowest BCUT2D eigenvalue weighted by atomic mass is 9.80. The zero-order valence-electron chi connectivity index (χ0n) is 23.6. The van der Waals surface area contributed by atoms with E-state index in [0.29, 0.717) is 23.6 Å². The summed E-state index contributed by atoms with van der Waals surface area (Å²) in [6.07, 6.45) is 3.45. The van der Waals surface area contributed by atoms with Gasteiger partial charge < -0.3 is 14.0 Å². The second-order valence-electron chi connectivity index (χ2n) is 10.2. The average Bonchev–Trinajstić information content (AvgIpc) is 3.42. The summed E-state index contributed by atoms with van der Waals surface area (Å²) in [4.78, 5) is 24.3. The summed E-state index contributed by atoms with van der Waals surface area (Å²) in [6.45, 7) is 13.7. The SMILES string of the molecule is CCOc1cc(NOC(C)(CC)CC)ccc1C1(c2c(C)n(CC)c3ccccc23)OC(=O)c2cccnc21. The number of aryl methyl sites for hydroxylation is 1. The molecule has 2 aromatic carbocycles. The summed E-state index contributed by atoms with van der Waals surface area (Å²) in [5.74, 6) is 0.195. The predicted octanol–water partition coefficient (Wildman–Crippen LogP) is 7.15. The molecule has 5 rings (SSSR count). The van der Waals surface area contributed by atoms with Gasteiger partial charge in [-0.3, -0.25) is 15.3 Å². The van der Waals surface area contributed by atoms with Gasteiger partial charge in [0.05, 0.1) is 23.5 Å². The van der Waals surface area contributed by atoms with Crippen molar-refractivity contribution < 1.29 is 19.1 Å². The molecule has 0 saturated heterocycles. The van der Waals surface area contributed by atoms with Gasteiger partial charge in [-0.25, -0.2) is 4.79 Å². The Hall–Kier alpha value is -3.84. The molecule has 7 heteroatoms. The van der Waals surface area contributed by atoms with Gasteiger partial charge in [0.2, 0.25) is 5.60 Å². The van der Waals surface area contributed by atoms with Crippen molar-refractivity contribution in [2.24, 2.45) is 0 Å². The van der Waals surface area contributed by atoms with Gasteiger partial charge in [-0.15, -0.1) is 0 Å². The highest BCUT2D eigenvalue weighted by molar-refractivity contribution is 5.98. The first-order valence-electron chi connectivity index (χ1n) is 13.8. The standard InChI is InChI=1S/C32H37N3O4/c1-7-31(6,8-2)39-34-22-17-18-25(27(20-22)37-10-4)32(29-24(30(36)38-32)15-13-19-33-29)28-21(5)35(9-3)26-16-12-11-14-23(26)28/h11-20,34H,7-10H2,1-6H3. The zero-order chi connectivity index (χ0) is 27.8. The van der Waals surface area contributed by atoms with Crippen LogP contribution in [-0.4, -0.2) is 27.7 Å². The quantitative estimate of drug-likeness (QED) is 0.174. The Morgan fingerprint density at radius 3 is 2.54 bits per heavy atom. The molecular formula is C32H37N3O4. The van der Waals surface area contributed by atoms with Gasteiger partial charge in [0, 0.05) is 46.5 Å². The predicted molar refractivity (Wildman–Crippen MR) is 153 cm³/mol. The van der Waals surface area contributed by atoms with Gasteiger partial charge in [0.1, 0.15) is 11.4 Å². The number of nitrogens with zero attached hydrogens (tertiary/aromatic N) is 2. The van der Waals surface area contributed by atoms with E-state index in [1.54, 1.807) is 18.3 Å². The van der Waals surface area contributed by atoms with E-state index in [1.165, 1.54) is 0 Å². The normalized spacial score (nSPS) is 16.8. The van der Waals surface area contributed by atoms with E-state index in [2.05, 4.69) is 56.8 Å². The number of hydrogen-bond acceptors (Lipinski definition) is 6. The lowest BCUT2D eigenvalue weighted by Gasteiger charge is -2.32. The average molecular weight is 528 g/mol. The van der Waals surface area contributed by atoms with E-state index in [4.69, 9.17) is 19.3 Å². The highest BCUT2D eigenvalue weighted by Gasteiger charge is 2.54. The Bertz CT molecular complexity index is 1520. The smallest absolute Gasteiger partial charge is 0.341 e. The highest BCUT2D eigenvalue weighted by Crippen LogP contribution is 2.52. The van der Waals surface area contributed by atoms with Crippen LogP contribution in [0.15, 0.2) is 60.8 Å². The number of aromatic nitrogens is 2. The molecule has 0 amide bonds. The number of rotatable bonds is 10. The number of esters is 1. The summed E-state index contributed by atoms with van der Waals surface area (Å²) < 4.78 is 15.0. The van der Waals surface area contributed by atoms with Crippen molar-refractivity contribution in [2.75, 3.05) is 12.1 Å². The van der Waals surface area contributed by atoms with Crippen molar-refractivity contribution in [3.63, 3.8) is 0 Å². The van der Waals surface area contributed by atoms with E-state index in [1.807, 2.05) is 37.3 Å². The van der Waals surface area contributed by atoms with Gasteiger partial charge in [-0.1, -0.05) is 32.0 Å². The van der Waals surface area contributed by atoms with Crippen LogP contribution in [-0.2, 0) is 21.7 Å². The van der Waals surface area contributed by atoms with E-state index in [0.717, 1.165) is 52.8 Å². The third-order valence-corrected chi connectivity index (χ3v) is 8.08. The number of nitrogens with one attached hydrogen (secondary N) is 1. The number of para-hydroxylation sites is 1. The number of cyclic esters (lactones) is 1. The summed E-state index contributed by atoms with van der Waals surface area (Å²) >= 11 is 0. The minimum Gasteiger partial charge on any atom is -0.493 e. The molecule has 3 heterocycles. The number of anilines is 1. The molecule has 2 aromatic heterocycles. The summed E-state index contributed by atoms with van der Waals surface area (Å²) in [5.41, 5.74) is 7.03. The lowest BCUT2D eigenvalue weighted by molar-refractivity contribution is -0.00205. The van der Waals surface area contributed by atoms with Gasteiger partial charge >= 0.3 is 5.97 Å². The number of pyridine rings is 1. The second-order valence-corrected chi connectivity index (χ2v) is 10.2. The highest BCUT2D eigenvalue weighted by atomic mass is 16.7. The molecule has 204 valence electrons. The molecule has 0 radical (unpaired) electrons. The number of carbonyl (C=O) groups excluding carboxylic acids is 1. The molecule has 1 N–H and O–H groups in total. The van der Waals surface area contributed by atoms with Gasteiger partial charge in [-0.05, 0) is 70.9 Å². The van der Waals surface area contributed by atoms with Crippen molar-refractivity contribution >= 4 is 22.6 Å². The first kappa shape index (κ1) is 26.8. The fourth-order valence-electron chi connectivity index (χ4n) is 5.59. The summed E-state index contributed by atoms with van der Waals surface area (Å²) in [7, 11) is 0. The lowest BCUT2D eigenvalue weighted by Crippen LogP contribution is -2.32. The maximum absolute atomic E-state index is 13.4. The van der Waals surface area contributed by atoms with Crippen LogP contribution in [0.5, 0.6) is 5.75 Å². The molecule has 0 spiro atoms. The fourth-order valence-corrected chi connectivity index (χ4v) is 5.59. The largest absolute Gasteiger partial charge is 0.493 e. The number of hydrogen-bond donors (Lipinski definition) is 1. The van der Waals surface area contributed by atoms with E-state index in [-0.39, 0.29) is 5.60 Å². The van der Waals surface area contributed by atoms with Crippen LogP contribution in [0.2, 0.25) is 0 Å². The molecule has 1 atom stereocenters. The Morgan fingerprint density at radius 1 is 1.05 bits per heavy atom. The molecule has 0 saturated carbocycles. The maximum Gasteiger partial charge on any atom is 0.341 e. The summed E-state index contributed by atoms with van der Waals surface area (Å²) in [5, 5.41) is 1.01. The van der Waals surface area contributed by atoms with Crippen LogP contribution < -0.4 is 10.2 Å². The number of carbonyl (C=O) groups is 1. The summed E-state index contributed by atoms with van der Waals surface area (Å²) in [6, 6.07) is 17.6. The number of fused-ring (bicyclic) bond motifs is 2. The zero-order valence-corrected chi connectivity index (χ0v) is 23.6. The molecule has 0 bridgehead atoms. The molecule has 0 fully saturated rings. The van der Waals surface area contributed by atoms with E-state index >= 15 is 0 Å². The third kappa shape index (κ3) is 4.25. The first-order chi connectivity index (χ1) is 18.8. The minimum absolute atomic E-state index is 0.297. The molecule has 4 aromatic rings. The second kappa shape index (κ2) is 10.4. The van der Waals surface area contributed by atoms with E-state index in [9.17, 15) is 4.79 Å². The first-order valence-corrected chi connectivity index (χ1v) is 13.8. The molecule has 1 aliphatic heterocycles. The van der Waals surface area contributed by atoms with Crippen molar-refractivity contribution in [2.45, 2.75) is 72.1 Å². The maximum atomic E-state index is 13.4. The molecule has 1 aliphatic rings. The molecule has 0 aliphatic carbocycles. The Kier molecular flexibility index (Phi) is 7.12. The van der Waals surface area contributed by atoms with Crippen LogP contribution in [0.3, 0.4) is 0 Å². The number of benzene rings is 2. The fraction of sp³-hybridized carbons (Fsp3) is 0.375.